The Hall–Kier alpha value is -1.23. The van der Waals surface area contributed by atoms with Gasteiger partial charge >= 0.3 is 0 Å². The Morgan fingerprint density at radius 1 is 1.24 bits per heavy atom. The molecule has 0 saturated heterocycles. The Balaban J connectivity index is 3.05. The first-order valence-electron chi connectivity index (χ1n) is 5.56. The molecule has 4 nitrogen and oxygen atoms in total. The largest absolute Gasteiger partial charge is 0.496 e. The van der Waals surface area contributed by atoms with Crippen molar-refractivity contribution in [1.29, 1.82) is 0 Å². The van der Waals surface area contributed by atoms with E-state index in [9.17, 15) is 8.42 Å². The van der Waals surface area contributed by atoms with Crippen LogP contribution >= 0.6 is 0 Å². The molecule has 0 bridgehead atoms. The van der Waals surface area contributed by atoms with Crippen molar-refractivity contribution in [1.82, 2.24) is 0 Å². The number of anilines is 1. The molecule has 0 aliphatic carbocycles. The summed E-state index contributed by atoms with van der Waals surface area (Å²) in [5, 5.41) is 0. The van der Waals surface area contributed by atoms with E-state index in [4.69, 9.17) is 4.74 Å². The lowest BCUT2D eigenvalue weighted by molar-refractivity contribution is 0.411. The Labute approximate surface area is 103 Å². The monoisotopic (exact) mass is 257 g/mol. The molecule has 0 aromatic heterocycles. The minimum absolute atomic E-state index is 0.136. The third kappa shape index (κ3) is 3.36. The molecule has 0 heterocycles. The summed E-state index contributed by atoms with van der Waals surface area (Å²) in [6, 6.07) is 3.50. The van der Waals surface area contributed by atoms with E-state index in [0.29, 0.717) is 12.1 Å². The summed E-state index contributed by atoms with van der Waals surface area (Å²) in [4.78, 5) is 0. The minimum atomic E-state index is -3.23. The van der Waals surface area contributed by atoms with Gasteiger partial charge in [-0.25, -0.2) is 8.42 Å². The molecule has 0 aliphatic rings. The zero-order valence-corrected chi connectivity index (χ0v) is 11.5. The van der Waals surface area contributed by atoms with Crippen molar-refractivity contribution >= 4 is 15.7 Å². The summed E-state index contributed by atoms with van der Waals surface area (Å²) < 4.78 is 31.1. The van der Waals surface area contributed by atoms with Crippen LogP contribution in [0.1, 0.15) is 24.5 Å². The molecule has 0 fully saturated rings. The van der Waals surface area contributed by atoms with Gasteiger partial charge in [0.05, 0.1) is 18.6 Å². The Morgan fingerprint density at radius 2 is 1.88 bits per heavy atom. The molecule has 96 valence electrons. The van der Waals surface area contributed by atoms with Crippen LogP contribution in [-0.4, -0.2) is 21.3 Å². The second-order valence-corrected chi connectivity index (χ2v) is 5.83. The second-order valence-electron chi connectivity index (χ2n) is 3.99. The number of ether oxygens (including phenoxy) is 1. The number of rotatable bonds is 5. The van der Waals surface area contributed by atoms with Gasteiger partial charge in [-0.2, -0.15) is 0 Å². The topological polar surface area (TPSA) is 55.4 Å². The smallest absolute Gasteiger partial charge is 0.232 e. The fourth-order valence-corrected chi connectivity index (χ4v) is 2.81. The van der Waals surface area contributed by atoms with Crippen molar-refractivity contribution in [2.45, 2.75) is 27.2 Å². The van der Waals surface area contributed by atoms with Crippen molar-refractivity contribution in [2.24, 2.45) is 0 Å². The highest BCUT2D eigenvalue weighted by Gasteiger charge is 2.12. The zero-order valence-electron chi connectivity index (χ0n) is 10.7. The molecule has 5 heteroatoms. The van der Waals surface area contributed by atoms with E-state index in [-0.39, 0.29) is 5.75 Å². The maximum absolute atomic E-state index is 11.7. The summed E-state index contributed by atoms with van der Waals surface area (Å²) in [6.45, 7) is 5.62. The zero-order chi connectivity index (χ0) is 13.1. The molecule has 0 spiro atoms. The average molecular weight is 257 g/mol. The van der Waals surface area contributed by atoms with Gasteiger partial charge in [0, 0.05) is 0 Å². The SMILES string of the molecule is CCCS(=O)(=O)Nc1ccc(OC)c(C)c1C. The number of benzene rings is 1. The molecule has 1 aromatic rings. The van der Waals surface area contributed by atoms with E-state index in [1.807, 2.05) is 20.8 Å². The number of methoxy groups -OCH3 is 1. The molecular formula is C12H19NO3S. The molecule has 0 radical (unpaired) electrons. The molecule has 1 N–H and O–H groups in total. The number of hydrogen-bond acceptors (Lipinski definition) is 3. The van der Waals surface area contributed by atoms with Crippen molar-refractivity contribution in [3.63, 3.8) is 0 Å². The quantitative estimate of drug-likeness (QED) is 0.881. The van der Waals surface area contributed by atoms with Crippen molar-refractivity contribution in [3.8, 4) is 5.75 Å². The van der Waals surface area contributed by atoms with Crippen LogP contribution in [0.25, 0.3) is 0 Å². The Bertz CT molecular complexity index is 495. The van der Waals surface area contributed by atoms with E-state index >= 15 is 0 Å². The van der Waals surface area contributed by atoms with Gasteiger partial charge in [0.1, 0.15) is 5.75 Å². The Kier molecular flexibility index (Phi) is 4.40. The lowest BCUT2D eigenvalue weighted by Crippen LogP contribution is -2.17. The number of sulfonamides is 1. The molecular weight excluding hydrogens is 238 g/mol. The van der Waals surface area contributed by atoms with Crippen molar-refractivity contribution in [3.05, 3.63) is 23.3 Å². The van der Waals surface area contributed by atoms with Crippen molar-refractivity contribution in [2.75, 3.05) is 17.6 Å². The molecule has 1 aromatic carbocycles. The van der Waals surface area contributed by atoms with Gasteiger partial charge in [0.25, 0.3) is 0 Å². The molecule has 0 aliphatic heterocycles. The van der Waals surface area contributed by atoms with Crippen LogP contribution in [0.4, 0.5) is 5.69 Å². The molecule has 0 unspecified atom stereocenters. The second kappa shape index (κ2) is 5.40. The van der Waals surface area contributed by atoms with E-state index in [0.717, 1.165) is 16.9 Å². The third-order valence-electron chi connectivity index (χ3n) is 2.70. The lowest BCUT2D eigenvalue weighted by atomic mass is 10.1. The Morgan fingerprint density at radius 3 is 2.41 bits per heavy atom. The van der Waals surface area contributed by atoms with E-state index in [1.165, 1.54) is 0 Å². The normalized spacial score (nSPS) is 11.3. The summed E-state index contributed by atoms with van der Waals surface area (Å²) in [6.07, 6.45) is 0.601. The van der Waals surface area contributed by atoms with Crippen LogP contribution in [0, 0.1) is 13.8 Å². The highest BCUT2D eigenvalue weighted by molar-refractivity contribution is 7.92. The van der Waals surface area contributed by atoms with Gasteiger partial charge in [-0.15, -0.1) is 0 Å². The van der Waals surface area contributed by atoms with Crippen molar-refractivity contribution < 1.29 is 13.2 Å². The standard InChI is InChI=1S/C12H19NO3S/c1-5-8-17(14,15)13-11-6-7-12(16-4)10(3)9(11)2/h6-7,13H,5,8H2,1-4H3. The predicted octanol–water partition coefficient (Wildman–Crippen LogP) is 2.46. The fraction of sp³-hybridized carbons (Fsp3) is 0.500. The lowest BCUT2D eigenvalue weighted by Gasteiger charge is -2.14. The molecule has 0 amide bonds. The van der Waals surface area contributed by atoms with Crippen LogP contribution in [-0.2, 0) is 10.0 Å². The van der Waals surface area contributed by atoms with E-state index in [2.05, 4.69) is 4.72 Å². The maximum atomic E-state index is 11.7. The summed E-state index contributed by atoms with van der Waals surface area (Å²) in [5.74, 6) is 0.901. The number of hydrogen-bond donors (Lipinski definition) is 1. The maximum Gasteiger partial charge on any atom is 0.232 e. The van der Waals surface area contributed by atoms with Gasteiger partial charge in [-0.3, -0.25) is 4.72 Å². The first kappa shape index (κ1) is 13.8. The first-order valence-corrected chi connectivity index (χ1v) is 7.21. The predicted molar refractivity (Wildman–Crippen MR) is 70.2 cm³/mol. The summed E-state index contributed by atoms with van der Waals surface area (Å²) in [7, 11) is -1.63. The minimum Gasteiger partial charge on any atom is -0.496 e. The fourth-order valence-electron chi connectivity index (χ4n) is 1.61. The van der Waals surface area contributed by atoms with Gasteiger partial charge in [0.2, 0.25) is 10.0 Å². The average Bonchev–Trinajstić information content (AvgIpc) is 2.25. The molecule has 0 saturated carbocycles. The van der Waals surface area contributed by atoms with Crippen LogP contribution in [0.15, 0.2) is 12.1 Å². The molecule has 1 rings (SSSR count). The van der Waals surface area contributed by atoms with Crippen LogP contribution in [0.3, 0.4) is 0 Å². The van der Waals surface area contributed by atoms with Gasteiger partial charge in [0.15, 0.2) is 0 Å². The van der Waals surface area contributed by atoms with Crippen LogP contribution in [0.2, 0.25) is 0 Å². The van der Waals surface area contributed by atoms with Gasteiger partial charge in [-0.05, 0) is 43.5 Å². The number of nitrogens with one attached hydrogen (secondary N) is 1. The summed E-state index contributed by atoms with van der Waals surface area (Å²) in [5.41, 5.74) is 2.46. The highest BCUT2D eigenvalue weighted by Crippen LogP contribution is 2.27. The van der Waals surface area contributed by atoms with Crippen LogP contribution < -0.4 is 9.46 Å². The van der Waals surface area contributed by atoms with Gasteiger partial charge < -0.3 is 4.74 Å². The highest BCUT2D eigenvalue weighted by atomic mass is 32.2. The third-order valence-corrected chi connectivity index (χ3v) is 4.17. The summed E-state index contributed by atoms with van der Waals surface area (Å²) >= 11 is 0. The van der Waals surface area contributed by atoms with Gasteiger partial charge in [-0.1, -0.05) is 6.92 Å². The first-order chi connectivity index (χ1) is 7.91. The molecule has 17 heavy (non-hydrogen) atoms. The van der Waals surface area contributed by atoms with Crippen LogP contribution in [0.5, 0.6) is 5.75 Å². The molecule has 0 atom stereocenters. The van der Waals surface area contributed by atoms with E-state index < -0.39 is 10.0 Å². The van der Waals surface area contributed by atoms with E-state index in [1.54, 1.807) is 19.2 Å².